The highest BCUT2D eigenvalue weighted by Gasteiger charge is 2.22. The van der Waals surface area contributed by atoms with Crippen LogP contribution in [-0.2, 0) is 10.0 Å². The molecule has 8 heteroatoms. The van der Waals surface area contributed by atoms with E-state index >= 15 is 0 Å². The molecule has 0 aromatic heterocycles. The van der Waals surface area contributed by atoms with Crippen molar-refractivity contribution in [3.8, 4) is 0 Å². The molecule has 21 heavy (non-hydrogen) atoms. The second-order valence-electron chi connectivity index (χ2n) is 5.36. The van der Waals surface area contributed by atoms with Crippen LogP contribution in [0.4, 0.5) is 10.1 Å². The Balaban J connectivity index is 2.88. The van der Waals surface area contributed by atoms with Gasteiger partial charge in [0.25, 0.3) is 0 Å². The minimum Gasteiger partial charge on any atom is -0.258 e. The summed E-state index contributed by atoms with van der Waals surface area (Å²) in [5.41, 5.74) is -0.748. The number of nitrogens with zero attached hydrogens (tertiary/aromatic N) is 1. The highest BCUT2D eigenvalue weighted by molar-refractivity contribution is 7.89. The quantitative estimate of drug-likeness (QED) is 0.618. The van der Waals surface area contributed by atoms with Gasteiger partial charge >= 0.3 is 5.69 Å². The van der Waals surface area contributed by atoms with Gasteiger partial charge in [0.1, 0.15) is 0 Å². The van der Waals surface area contributed by atoms with Gasteiger partial charge in [0, 0.05) is 18.2 Å². The molecule has 0 spiro atoms. The average molecular weight is 318 g/mol. The summed E-state index contributed by atoms with van der Waals surface area (Å²) < 4.78 is 40.1. The highest BCUT2D eigenvalue weighted by Crippen LogP contribution is 2.21. The maximum absolute atomic E-state index is 13.5. The fourth-order valence-electron chi connectivity index (χ4n) is 1.78. The zero-order chi connectivity index (χ0) is 16.2. The minimum atomic E-state index is -3.88. The number of benzene rings is 1. The van der Waals surface area contributed by atoms with Gasteiger partial charge in [0.2, 0.25) is 15.8 Å². The van der Waals surface area contributed by atoms with Crippen molar-refractivity contribution in [2.75, 3.05) is 0 Å². The van der Waals surface area contributed by atoms with Crippen molar-refractivity contribution >= 4 is 15.7 Å². The highest BCUT2D eigenvalue weighted by atomic mass is 32.2. The summed E-state index contributed by atoms with van der Waals surface area (Å²) in [6.45, 7) is 5.79. The Morgan fingerprint density at radius 1 is 1.29 bits per heavy atom. The van der Waals surface area contributed by atoms with E-state index < -0.39 is 26.5 Å². The van der Waals surface area contributed by atoms with E-state index in [1.54, 1.807) is 6.92 Å². The van der Waals surface area contributed by atoms with E-state index in [9.17, 15) is 22.9 Å². The van der Waals surface area contributed by atoms with Gasteiger partial charge in [-0.15, -0.1) is 0 Å². The third-order valence-electron chi connectivity index (χ3n) is 2.96. The van der Waals surface area contributed by atoms with Gasteiger partial charge in [0.05, 0.1) is 9.82 Å². The SMILES string of the molecule is CC(C)CCC(C)NS(=O)(=O)c1ccc([N+](=O)[O-])c(F)c1. The largest absolute Gasteiger partial charge is 0.304 e. The molecule has 0 aliphatic heterocycles. The Morgan fingerprint density at radius 3 is 2.38 bits per heavy atom. The number of rotatable bonds is 7. The monoisotopic (exact) mass is 318 g/mol. The Labute approximate surface area is 123 Å². The van der Waals surface area contributed by atoms with Crippen LogP contribution < -0.4 is 4.72 Å². The van der Waals surface area contributed by atoms with Crippen molar-refractivity contribution in [2.45, 2.75) is 44.6 Å². The van der Waals surface area contributed by atoms with Crippen LogP contribution in [0.3, 0.4) is 0 Å². The smallest absolute Gasteiger partial charge is 0.258 e. The zero-order valence-electron chi connectivity index (χ0n) is 12.2. The van der Waals surface area contributed by atoms with E-state index in [1.165, 1.54) is 0 Å². The van der Waals surface area contributed by atoms with Gasteiger partial charge in [-0.1, -0.05) is 13.8 Å². The van der Waals surface area contributed by atoms with Crippen LogP contribution in [0.15, 0.2) is 23.1 Å². The van der Waals surface area contributed by atoms with Crippen molar-refractivity contribution in [1.29, 1.82) is 0 Å². The summed E-state index contributed by atoms with van der Waals surface area (Å²) in [6.07, 6.45) is 1.52. The first kappa shape index (κ1) is 17.5. The summed E-state index contributed by atoms with van der Waals surface area (Å²) in [7, 11) is -3.88. The molecule has 0 heterocycles. The summed E-state index contributed by atoms with van der Waals surface area (Å²) in [5.74, 6) is -0.716. The molecule has 1 rings (SSSR count). The maximum atomic E-state index is 13.5. The predicted octanol–water partition coefficient (Wildman–Crippen LogP) is 2.84. The molecule has 0 bridgehead atoms. The fraction of sp³-hybridized carbons (Fsp3) is 0.538. The van der Waals surface area contributed by atoms with E-state index in [2.05, 4.69) is 4.72 Å². The van der Waals surface area contributed by atoms with E-state index in [0.29, 0.717) is 18.4 Å². The van der Waals surface area contributed by atoms with Crippen molar-refractivity contribution in [2.24, 2.45) is 5.92 Å². The van der Waals surface area contributed by atoms with Crippen LogP contribution in [0.5, 0.6) is 0 Å². The molecular weight excluding hydrogens is 299 g/mol. The summed E-state index contributed by atoms with van der Waals surface area (Å²) in [6, 6.07) is 2.24. The number of nitro benzene ring substituents is 1. The third kappa shape index (κ3) is 5.05. The number of hydrogen-bond donors (Lipinski definition) is 1. The van der Waals surface area contributed by atoms with Gasteiger partial charge in [-0.2, -0.15) is 4.39 Å². The topological polar surface area (TPSA) is 89.3 Å². The first-order valence-corrected chi connectivity index (χ1v) is 8.08. The van der Waals surface area contributed by atoms with E-state index in [1.807, 2.05) is 13.8 Å². The van der Waals surface area contributed by atoms with Gasteiger partial charge in [-0.05, 0) is 31.7 Å². The molecule has 0 aliphatic carbocycles. The Bertz CT molecular complexity index is 617. The zero-order valence-corrected chi connectivity index (χ0v) is 13.0. The number of nitrogens with one attached hydrogen (secondary N) is 1. The lowest BCUT2D eigenvalue weighted by Gasteiger charge is -2.15. The van der Waals surface area contributed by atoms with Crippen LogP contribution in [0.1, 0.15) is 33.6 Å². The fourth-order valence-corrected chi connectivity index (χ4v) is 3.07. The molecule has 0 radical (unpaired) electrons. The van der Waals surface area contributed by atoms with Crippen molar-refractivity contribution in [1.82, 2.24) is 4.72 Å². The van der Waals surface area contributed by atoms with Crippen LogP contribution in [-0.4, -0.2) is 19.4 Å². The molecule has 0 saturated carbocycles. The summed E-state index contributed by atoms with van der Waals surface area (Å²) in [4.78, 5) is 9.29. The average Bonchev–Trinajstić information content (AvgIpc) is 2.35. The van der Waals surface area contributed by atoms with E-state index in [4.69, 9.17) is 0 Å². The second kappa shape index (κ2) is 6.95. The van der Waals surface area contributed by atoms with Gasteiger partial charge in [-0.3, -0.25) is 10.1 Å². The van der Waals surface area contributed by atoms with Crippen molar-refractivity contribution < 1.29 is 17.7 Å². The molecule has 1 atom stereocenters. The Hall–Kier alpha value is -1.54. The Kier molecular flexibility index (Phi) is 5.79. The summed E-state index contributed by atoms with van der Waals surface area (Å²) in [5, 5.41) is 10.5. The second-order valence-corrected chi connectivity index (χ2v) is 7.08. The lowest BCUT2D eigenvalue weighted by molar-refractivity contribution is -0.387. The Morgan fingerprint density at radius 2 is 1.90 bits per heavy atom. The lowest BCUT2D eigenvalue weighted by atomic mass is 10.1. The predicted molar refractivity (Wildman–Crippen MR) is 76.9 cm³/mol. The molecule has 1 N–H and O–H groups in total. The molecule has 0 saturated heterocycles. The molecule has 1 aromatic carbocycles. The van der Waals surface area contributed by atoms with Crippen LogP contribution in [0.2, 0.25) is 0 Å². The maximum Gasteiger partial charge on any atom is 0.304 e. The minimum absolute atomic E-state index is 0.296. The van der Waals surface area contributed by atoms with Crippen LogP contribution in [0, 0.1) is 21.8 Å². The molecular formula is C13H19FN2O4S. The first-order valence-electron chi connectivity index (χ1n) is 6.59. The van der Waals surface area contributed by atoms with Crippen LogP contribution >= 0.6 is 0 Å². The standard InChI is InChI=1S/C13H19FN2O4S/c1-9(2)4-5-10(3)15-21(19,20)11-6-7-13(16(17)18)12(14)8-11/h6-10,15H,4-5H2,1-3H3. The molecule has 118 valence electrons. The number of halogens is 1. The number of sulfonamides is 1. The molecule has 6 nitrogen and oxygen atoms in total. The van der Waals surface area contributed by atoms with Gasteiger partial charge < -0.3 is 0 Å². The summed E-state index contributed by atoms with van der Waals surface area (Å²) >= 11 is 0. The van der Waals surface area contributed by atoms with Crippen LogP contribution in [0.25, 0.3) is 0 Å². The lowest BCUT2D eigenvalue weighted by Crippen LogP contribution is -2.32. The first-order chi connectivity index (χ1) is 9.63. The van der Waals surface area contributed by atoms with Gasteiger partial charge in [-0.25, -0.2) is 13.1 Å². The molecule has 1 unspecified atom stereocenters. The molecule has 0 fully saturated rings. The van der Waals surface area contributed by atoms with E-state index in [0.717, 1.165) is 18.6 Å². The molecule has 0 amide bonds. The third-order valence-corrected chi connectivity index (χ3v) is 4.55. The normalized spacial score (nSPS) is 13.4. The van der Waals surface area contributed by atoms with E-state index in [-0.39, 0.29) is 10.9 Å². The number of nitro groups is 1. The molecule has 0 aliphatic rings. The molecule has 1 aromatic rings. The van der Waals surface area contributed by atoms with Gasteiger partial charge in [0.15, 0.2) is 0 Å². The van der Waals surface area contributed by atoms with Crippen molar-refractivity contribution in [3.63, 3.8) is 0 Å². The number of hydrogen-bond acceptors (Lipinski definition) is 4. The van der Waals surface area contributed by atoms with Crippen molar-refractivity contribution in [3.05, 3.63) is 34.1 Å².